The molecule has 96 valence electrons. The number of ether oxygens (including phenoxy) is 3. The summed E-state index contributed by atoms with van der Waals surface area (Å²) >= 11 is 3.46. The Bertz CT molecular complexity index is 353. The zero-order valence-electron chi connectivity index (χ0n) is 10.6. The molecule has 0 bridgehead atoms. The van der Waals surface area contributed by atoms with E-state index in [1.54, 1.807) is 0 Å². The summed E-state index contributed by atoms with van der Waals surface area (Å²) in [6.07, 6.45) is 0. The van der Waals surface area contributed by atoms with Crippen molar-refractivity contribution in [2.45, 2.75) is 26.1 Å². The third-order valence-electron chi connectivity index (χ3n) is 2.15. The largest absolute Gasteiger partial charge is 0.494 e. The topological polar surface area (TPSA) is 27.7 Å². The SMILES string of the molecule is CCOc1cc(CBr)c(OCC)c(OCC)c1. The van der Waals surface area contributed by atoms with Crippen LogP contribution in [0.3, 0.4) is 0 Å². The fourth-order valence-electron chi connectivity index (χ4n) is 1.55. The van der Waals surface area contributed by atoms with Crippen molar-refractivity contribution in [3.8, 4) is 17.2 Å². The van der Waals surface area contributed by atoms with Crippen LogP contribution in [0.2, 0.25) is 0 Å². The van der Waals surface area contributed by atoms with Crippen LogP contribution in [0.1, 0.15) is 26.3 Å². The molecule has 1 aromatic carbocycles. The molecular weight excluding hydrogens is 284 g/mol. The van der Waals surface area contributed by atoms with E-state index in [4.69, 9.17) is 14.2 Å². The molecule has 0 aromatic heterocycles. The predicted molar refractivity (Wildman–Crippen MR) is 72.6 cm³/mol. The van der Waals surface area contributed by atoms with Crippen molar-refractivity contribution in [1.82, 2.24) is 0 Å². The van der Waals surface area contributed by atoms with Gasteiger partial charge in [-0.2, -0.15) is 0 Å². The third kappa shape index (κ3) is 3.80. The van der Waals surface area contributed by atoms with Crippen LogP contribution in [-0.4, -0.2) is 19.8 Å². The molecule has 0 aliphatic heterocycles. The Morgan fingerprint density at radius 1 is 0.941 bits per heavy atom. The van der Waals surface area contributed by atoms with Crippen LogP contribution in [0.4, 0.5) is 0 Å². The molecule has 0 radical (unpaired) electrons. The normalized spacial score (nSPS) is 10.1. The third-order valence-corrected chi connectivity index (χ3v) is 2.75. The second-order valence-corrected chi connectivity index (χ2v) is 3.90. The summed E-state index contributed by atoms with van der Waals surface area (Å²) in [5, 5.41) is 0.712. The summed E-state index contributed by atoms with van der Waals surface area (Å²) in [7, 11) is 0. The molecule has 17 heavy (non-hydrogen) atoms. The number of halogens is 1. The molecule has 0 aliphatic carbocycles. The standard InChI is InChI=1S/C13H19BrO3/c1-4-15-11-7-10(9-14)13(17-6-3)12(8-11)16-5-2/h7-8H,4-6,9H2,1-3H3. The molecule has 1 aromatic rings. The van der Waals surface area contributed by atoms with Crippen LogP contribution in [0.5, 0.6) is 17.2 Å². The Hall–Kier alpha value is -0.900. The van der Waals surface area contributed by atoms with E-state index in [-0.39, 0.29) is 0 Å². The van der Waals surface area contributed by atoms with Gasteiger partial charge in [0, 0.05) is 17.0 Å². The molecule has 0 amide bonds. The fourth-order valence-corrected chi connectivity index (χ4v) is 1.97. The summed E-state index contributed by atoms with van der Waals surface area (Å²) in [4.78, 5) is 0. The van der Waals surface area contributed by atoms with Gasteiger partial charge >= 0.3 is 0 Å². The van der Waals surface area contributed by atoms with Crippen molar-refractivity contribution in [3.63, 3.8) is 0 Å². The lowest BCUT2D eigenvalue weighted by Gasteiger charge is -2.16. The highest BCUT2D eigenvalue weighted by Gasteiger charge is 2.13. The van der Waals surface area contributed by atoms with Crippen molar-refractivity contribution < 1.29 is 14.2 Å². The Labute approximate surface area is 111 Å². The molecule has 3 nitrogen and oxygen atoms in total. The predicted octanol–water partition coefficient (Wildman–Crippen LogP) is 3.78. The van der Waals surface area contributed by atoms with Gasteiger partial charge in [0.25, 0.3) is 0 Å². The lowest BCUT2D eigenvalue weighted by Crippen LogP contribution is -2.02. The minimum Gasteiger partial charge on any atom is -0.494 e. The van der Waals surface area contributed by atoms with Crippen LogP contribution >= 0.6 is 15.9 Å². The van der Waals surface area contributed by atoms with Crippen LogP contribution in [-0.2, 0) is 5.33 Å². The monoisotopic (exact) mass is 302 g/mol. The maximum atomic E-state index is 5.63. The van der Waals surface area contributed by atoms with E-state index in [0.29, 0.717) is 25.2 Å². The lowest BCUT2D eigenvalue weighted by molar-refractivity contribution is 0.281. The summed E-state index contributed by atoms with van der Waals surface area (Å²) < 4.78 is 16.7. The van der Waals surface area contributed by atoms with Crippen molar-refractivity contribution >= 4 is 15.9 Å². The molecule has 4 heteroatoms. The highest BCUT2D eigenvalue weighted by molar-refractivity contribution is 9.08. The van der Waals surface area contributed by atoms with E-state index in [1.807, 2.05) is 32.9 Å². The van der Waals surface area contributed by atoms with Crippen molar-refractivity contribution in [1.29, 1.82) is 0 Å². The Morgan fingerprint density at radius 3 is 2.12 bits per heavy atom. The first-order valence-corrected chi connectivity index (χ1v) is 7.00. The molecule has 0 N–H and O–H groups in total. The maximum Gasteiger partial charge on any atom is 0.165 e. The summed E-state index contributed by atoms with van der Waals surface area (Å²) in [6, 6.07) is 3.86. The second-order valence-electron chi connectivity index (χ2n) is 3.34. The fraction of sp³-hybridized carbons (Fsp3) is 0.538. The average molecular weight is 303 g/mol. The van der Waals surface area contributed by atoms with Crippen molar-refractivity contribution in [2.75, 3.05) is 19.8 Å². The Balaban J connectivity index is 3.14. The maximum absolute atomic E-state index is 5.63. The zero-order chi connectivity index (χ0) is 12.7. The van der Waals surface area contributed by atoms with Crippen LogP contribution in [0.25, 0.3) is 0 Å². The van der Waals surface area contributed by atoms with Crippen LogP contribution in [0, 0.1) is 0 Å². The molecule has 0 fully saturated rings. The molecular formula is C13H19BrO3. The molecule has 0 spiro atoms. The number of alkyl halides is 1. The summed E-state index contributed by atoms with van der Waals surface area (Å²) in [5.41, 5.74) is 1.04. The number of benzene rings is 1. The van der Waals surface area contributed by atoms with Crippen LogP contribution < -0.4 is 14.2 Å². The molecule has 0 heterocycles. The van der Waals surface area contributed by atoms with Gasteiger partial charge in [-0.15, -0.1) is 0 Å². The quantitative estimate of drug-likeness (QED) is 0.718. The second kappa shape index (κ2) is 7.43. The van der Waals surface area contributed by atoms with E-state index in [2.05, 4.69) is 15.9 Å². The highest BCUT2D eigenvalue weighted by Crippen LogP contribution is 2.37. The first-order valence-electron chi connectivity index (χ1n) is 5.88. The summed E-state index contributed by atoms with van der Waals surface area (Å²) in [6.45, 7) is 7.75. The molecule has 1 rings (SSSR count). The molecule has 0 unspecified atom stereocenters. The van der Waals surface area contributed by atoms with Gasteiger partial charge < -0.3 is 14.2 Å². The number of rotatable bonds is 7. The van der Waals surface area contributed by atoms with E-state index in [9.17, 15) is 0 Å². The minimum absolute atomic E-state index is 0.609. The van der Waals surface area contributed by atoms with Gasteiger partial charge in [0.2, 0.25) is 0 Å². The van der Waals surface area contributed by atoms with Gasteiger partial charge in [-0.1, -0.05) is 15.9 Å². The zero-order valence-corrected chi connectivity index (χ0v) is 12.2. The van der Waals surface area contributed by atoms with E-state index >= 15 is 0 Å². The first kappa shape index (κ1) is 14.2. The Morgan fingerprint density at radius 2 is 1.59 bits per heavy atom. The van der Waals surface area contributed by atoms with E-state index < -0.39 is 0 Å². The van der Waals surface area contributed by atoms with Crippen molar-refractivity contribution in [2.24, 2.45) is 0 Å². The van der Waals surface area contributed by atoms with Gasteiger partial charge in [0.15, 0.2) is 11.5 Å². The van der Waals surface area contributed by atoms with Crippen molar-refractivity contribution in [3.05, 3.63) is 17.7 Å². The number of hydrogen-bond acceptors (Lipinski definition) is 3. The van der Waals surface area contributed by atoms with Gasteiger partial charge in [-0.3, -0.25) is 0 Å². The van der Waals surface area contributed by atoms with E-state index in [1.165, 1.54) is 0 Å². The van der Waals surface area contributed by atoms with Gasteiger partial charge in [0.05, 0.1) is 19.8 Å². The molecule has 0 saturated heterocycles. The highest BCUT2D eigenvalue weighted by atomic mass is 79.9. The van der Waals surface area contributed by atoms with Crippen LogP contribution in [0.15, 0.2) is 12.1 Å². The van der Waals surface area contributed by atoms with Gasteiger partial charge in [-0.05, 0) is 26.8 Å². The first-order chi connectivity index (χ1) is 8.26. The number of hydrogen-bond donors (Lipinski definition) is 0. The van der Waals surface area contributed by atoms with Gasteiger partial charge in [-0.25, -0.2) is 0 Å². The smallest absolute Gasteiger partial charge is 0.165 e. The van der Waals surface area contributed by atoms with Gasteiger partial charge in [0.1, 0.15) is 5.75 Å². The molecule has 0 aliphatic rings. The minimum atomic E-state index is 0.609. The lowest BCUT2D eigenvalue weighted by atomic mass is 10.2. The Kier molecular flexibility index (Phi) is 6.19. The average Bonchev–Trinajstić information content (AvgIpc) is 2.33. The molecule has 0 saturated carbocycles. The summed E-state index contributed by atoms with van der Waals surface area (Å²) in [5.74, 6) is 2.36. The molecule has 0 atom stereocenters. The van der Waals surface area contributed by atoms with E-state index in [0.717, 1.165) is 22.8 Å².